The van der Waals surface area contributed by atoms with E-state index in [1.54, 1.807) is 0 Å². The molecule has 0 spiro atoms. The van der Waals surface area contributed by atoms with Gasteiger partial charge in [-0.3, -0.25) is 4.90 Å². The molecule has 2 rings (SSSR count). The van der Waals surface area contributed by atoms with Gasteiger partial charge in [0.1, 0.15) is 11.6 Å². The fraction of sp³-hybridized carbons (Fsp3) is 0.833. The Kier molecular flexibility index (Phi) is 4.12. The maximum absolute atomic E-state index is 5.64. The molecule has 1 aromatic rings. The van der Waals surface area contributed by atoms with Gasteiger partial charge in [-0.05, 0) is 45.2 Å². The Labute approximate surface area is 103 Å². The lowest BCUT2D eigenvalue weighted by Crippen LogP contribution is -2.36. The Bertz CT molecular complexity index is 358. The van der Waals surface area contributed by atoms with Crippen LogP contribution >= 0.6 is 0 Å². The molecule has 0 aliphatic carbocycles. The lowest BCUT2D eigenvalue weighted by atomic mass is 9.95. The molecule has 5 heteroatoms. The van der Waals surface area contributed by atoms with Crippen molar-refractivity contribution in [3.63, 3.8) is 0 Å². The van der Waals surface area contributed by atoms with Crippen LogP contribution in [-0.4, -0.2) is 39.3 Å². The molecule has 17 heavy (non-hydrogen) atoms. The minimum atomic E-state index is 0.767. The van der Waals surface area contributed by atoms with Crippen LogP contribution in [0.2, 0.25) is 0 Å². The van der Waals surface area contributed by atoms with Crippen molar-refractivity contribution in [1.29, 1.82) is 0 Å². The number of rotatable bonds is 4. The third-order valence-corrected chi connectivity index (χ3v) is 3.73. The lowest BCUT2D eigenvalue weighted by Gasteiger charge is -2.32. The third-order valence-electron chi connectivity index (χ3n) is 3.73. The molecule has 1 saturated heterocycles. The number of hydrogen-bond donors (Lipinski definition) is 1. The molecule has 96 valence electrons. The van der Waals surface area contributed by atoms with E-state index < -0.39 is 0 Å². The highest BCUT2D eigenvalue weighted by Crippen LogP contribution is 2.20. The molecule has 1 atom stereocenters. The molecule has 0 radical (unpaired) electrons. The van der Waals surface area contributed by atoms with Gasteiger partial charge in [0.2, 0.25) is 0 Å². The second-order valence-corrected chi connectivity index (χ2v) is 5.04. The summed E-state index contributed by atoms with van der Waals surface area (Å²) < 4.78 is 2.08. The summed E-state index contributed by atoms with van der Waals surface area (Å²) in [5.41, 5.74) is 5.64. The first-order valence-corrected chi connectivity index (χ1v) is 6.48. The average molecular weight is 237 g/mol. The third kappa shape index (κ3) is 3.04. The Morgan fingerprint density at radius 1 is 1.41 bits per heavy atom. The van der Waals surface area contributed by atoms with Crippen molar-refractivity contribution in [3.05, 3.63) is 11.6 Å². The first-order chi connectivity index (χ1) is 8.20. The number of nitrogens with two attached hydrogens (primary N) is 1. The summed E-state index contributed by atoms with van der Waals surface area (Å²) in [6.45, 7) is 6.04. The van der Waals surface area contributed by atoms with Gasteiger partial charge in [-0.1, -0.05) is 0 Å². The van der Waals surface area contributed by atoms with Gasteiger partial charge in [0.15, 0.2) is 0 Å². The van der Waals surface area contributed by atoms with E-state index >= 15 is 0 Å². The zero-order valence-corrected chi connectivity index (χ0v) is 10.9. The smallest absolute Gasteiger partial charge is 0.146 e. The first kappa shape index (κ1) is 12.5. The summed E-state index contributed by atoms with van der Waals surface area (Å²) >= 11 is 0. The second-order valence-electron chi connectivity index (χ2n) is 5.04. The lowest BCUT2D eigenvalue weighted by molar-refractivity contribution is 0.158. The van der Waals surface area contributed by atoms with Crippen LogP contribution in [0, 0.1) is 12.8 Å². The fourth-order valence-electron chi connectivity index (χ4n) is 2.55. The minimum absolute atomic E-state index is 0.767. The van der Waals surface area contributed by atoms with Crippen LogP contribution in [0.1, 0.15) is 30.9 Å². The standard InChI is InChI=1S/C12H23N5/c1-10-14-15-12(16(10)2)9-17-7-3-4-11(8-17)5-6-13/h11H,3-9,13H2,1-2H3. The van der Waals surface area contributed by atoms with Crippen molar-refractivity contribution in [2.45, 2.75) is 32.7 Å². The maximum atomic E-state index is 5.64. The molecule has 0 amide bonds. The molecule has 2 heterocycles. The van der Waals surface area contributed by atoms with Crippen LogP contribution in [0.5, 0.6) is 0 Å². The van der Waals surface area contributed by atoms with Crippen molar-refractivity contribution < 1.29 is 0 Å². The summed E-state index contributed by atoms with van der Waals surface area (Å²) in [6.07, 6.45) is 3.75. The van der Waals surface area contributed by atoms with Crippen LogP contribution < -0.4 is 5.73 Å². The van der Waals surface area contributed by atoms with Gasteiger partial charge in [0, 0.05) is 13.6 Å². The summed E-state index contributed by atoms with van der Waals surface area (Å²) in [5.74, 6) is 2.81. The molecule has 0 aromatic carbocycles. The summed E-state index contributed by atoms with van der Waals surface area (Å²) in [6, 6.07) is 0. The Balaban J connectivity index is 1.92. The predicted molar refractivity (Wildman–Crippen MR) is 67.4 cm³/mol. The summed E-state index contributed by atoms with van der Waals surface area (Å²) in [7, 11) is 2.03. The summed E-state index contributed by atoms with van der Waals surface area (Å²) in [4.78, 5) is 2.48. The molecule has 1 unspecified atom stereocenters. The van der Waals surface area contributed by atoms with Gasteiger partial charge >= 0.3 is 0 Å². The van der Waals surface area contributed by atoms with E-state index in [-0.39, 0.29) is 0 Å². The van der Waals surface area contributed by atoms with E-state index in [2.05, 4.69) is 19.7 Å². The first-order valence-electron chi connectivity index (χ1n) is 6.48. The van der Waals surface area contributed by atoms with Crippen LogP contribution in [0.15, 0.2) is 0 Å². The van der Waals surface area contributed by atoms with E-state index in [1.165, 1.54) is 19.4 Å². The number of aromatic nitrogens is 3. The highest BCUT2D eigenvalue weighted by molar-refractivity contribution is 4.93. The van der Waals surface area contributed by atoms with Gasteiger partial charge < -0.3 is 10.3 Å². The molecule has 0 saturated carbocycles. The quantitative estimate of drug-likeness (QED) is 0.837. The van der Waals surface area contributed by atoms with Crippen LogP contribution in [0.3, 0.4) is 0 Å². The van der Waals surface area contributed by atoms with Crippen molar-refractivity contribution in [3.8, 4) is 0 Å². The summed E-state index contributed by atoms with van der Waals surface area (Å²) in [5, 5.41) is 8.33. The van der Waals surface area contributed by atoms with Crippen molar-refractivity contribution in [1.82, 2.24) is 19.7 Å². The molecule has 1 aromatic heterocycles. The van der Waals surface area contributed by atoms with Crippen LogP contribution in [-0.2, 0) is 13.6 Å². The number of aryl methyl sites for hydroxylation is 1. The van der Waals surface area contributed by atoms with E-state index in [4.69, 9.17) is 5.73 Å². The SMILES string of the molecule is Cc1nnc(CN2CCCC(CCN)C2)n1C. The number of piperidine rings is 1. The number of nitrogens with zero attached hydrogens (tertiary/aromatic N) is 4. The van der Waals surface area contributed by atoms with Gasteiger partial charge in [0.25, 0.3) is 0 Å². The topological polar surface area (TPSA) is 60.0 Å². The molecule has 5 nitrogen and oxygen atoms in total. The van der Waals surface area contributed by atoms with Crippen molar-refractivity contribution in [2.75, 3.05) is 19.6 Å². The maximum Gasteiger partial charge on any atom is 0.146 e. The highest BCUT2D eigenvalue weighted by atomic mass is 15.3. The van der Waals surface area contributed by atoms with E-state index in [9.17, 15) is 0 Å². The number of hydrogen-bond acceptors (Lipinski definition) is 4. The van der Waals surface area contributed by atoms with E-state index in [0.29, 0.717) is 0 Å². The van der Waals surface area contributed by atoms with Gasteiger partial charge in [-0.2, -0.15) is 0 Å². The van der Waals surface area contributed by atoms with E-state index in [0.717, 1.165) is 43.6 Å². The monoisotopic (exact) mass is 237 g/mol. The number of likely N-dealkylation sites (tertiary alicyclic amines) is 1. The Hall–Kier alpha value is -0.940. The Morgan fingerprint density at radius 2 is 2.24 bits per heavy atom. The molecular weight excluding hydrogens is 214 g/mol. The molecule has 0 bridgehead atoms. The zero-order valence-electron chi connectivity index (χ0n) is 10.9. The second kappa shape index (κ2) is 5.60. The van der Waals surface area contributed by atoms with Crippen molar-refractivity contribution >= 4 is 0 Å². The highest BCUT2D eigenvalue weighted by Gasteiger charge is 2.20. The molecule has 2 N–H and O–H groups in total. The van der Waals surface area contributed by atoms with Crippen molar-refractivity contribution in [2.24, 2.45) is 18.7 Å². The minimum Gasteiger partial charge on any atom is -0.330 e. The zero-order chi connectivity index (χ0) is 12.3. The van der Waals surface area contributed by atoms with Gasteiger partial charge in [-0.25, -0.2) is 0 Å². The average Bonchev–Trinajstić information content (AvgIpc) is 2.62. The fourth-order valence-corrected chi connectivity index (χ4v) is 2.55. The van der Waals surface area contributed by atoms with Crippen LogP contribution in [0.4, 0.5) is 0 Å². The molecule has 1 aliphatic rings. The molecule has 1 fully saturated rings. The molecule has 1 aliphatic heterocycles. The van der Waals surface area contributed by atoms with Gasteiger partial charge in [0.05, 0.1) is 6.54 Å². The van der Waals surface area contributed by atoms with Gasteiger partial charge in [-0.15, -0.1) is 10.2 Å². The van der Waals surface area contributed by atoms with E-state index in [1.807, 2.05) is 14.0 Å². The Morgan fingerprint density at radius 3 is 2.88 bits per heavy atom. The van der Waals surface area contributed by atoms with Crippen LogP contribution in [0.25, 0.3) is 0 Å². The molecular formula is C12H23N5. The normalized spacial score (nSPS) is 21.9. The largest absolute Gasteiger partial charge is 0.330 e. The predicted octanol–water partition coefficient (Wildman–Crippen LogP) is 0.684.